The highest BCUT2D eigenvalue weighted by Gasteiger charge is 2.38. The zero-order valence-corrected chi connectivity index (χ0v) is 10.7. The normalized spacial score (nSPS) is 27.2. The Morgan fingerprint density at radius 2 is 1.88 bits per heavy atom. The highest BCUT2D eigenvalue weighted by Crippen LogP contribution is 2.27. The van der Waals surface area contributed by atoms with E-state index in [1.54, 1.807) is 0 Å². The van der Waals surface area contributed by atoms with Gasteiger partial charge in [0.2, 0.25) is 0 Å². The Morgan fingerprint density at radius 1 is 1.18 bits per heavy atom. The Hall–Kier alpha value is -0.900. The molecule has 0 saturated carbocycles. The summed E-state index contributed by atoms with van der Waals surface area (Å²) in [4.78, 5) is 0. The predicted octanol–water partition coefficient (Wildman–Crippen LogP) is 2.74. The molecule has 0 spiro atoms. The first-order valence-electron chi connectivity index (χ1n) is 6.04. The molecule has 1 aromatic carbocycles. The van der Waals surface area contributed by atoms with E-state index in [9.17, 15) is 0 Å². The van der Waals surface area contributed by atoms with Crippen LogP contribution < -0.4 is 0 Å². The minimum absolute atomic E-state index is 0.0220. The first-order chi connectivity index (χ1) is 8.07. The van der Waals surface area contributed by atoms with Crippen LogP contribution in [0, 0.1) is 0 Å². The standard InChI is InChI=1S/C14H20O3/c1-11-13(17-14(2,3)16-11)10-15-9-12-7-5-4-6-8-12/h4-8,11,13H,9-10H2,1-3H3. The lowest BCUT2D eigenvalue weighted by atomic mass is 10.2. The Balaban J connectivity index is 1.76. The summed E-state index contributed by atoms with van der Waals surface area (Å²) < 4.78 is 17.1. The van der Waals surface area contributed by atoms with Crippen molar-refractivity contribution in [2.75, 3.05) is 6.61 Å². The Kier molecular flexibility index (Phi) is 3.82. The number of hydrogen-bond acceptors (Lipinski definition) is 3. The summed E-state index contributed by atoms with van der Waals surface area (Å²) in [6, 6.07) is 10.1. The van der Waals surface area contributed by atoms with Crippen molar-refractivity contribution in [1.82, 2.24) is 0 Å². The molecule has 1 fully saturated rings. The summed E-state index contributed by atoms with van der Waals surface area (Å²) >= 11 is 0. The topological polar surface area (TPSA) is 27.7 Å². The fourth-order valence-electron chi connectivity index (χ4n) is 2.05. The molecule has 0 amide bonds. The average Bonchev–Trinajstić information content (AvgIpc) is 2.53. The molecule has 3 heteroatoms. The molecular formula is C14H20O3. The summed E-state index contributed by atoms with van der Waals surface area (Å²) in [5, 5.41) is 0. The molecule has 1 aliphatic rings. The van der Waals surface area contributed by atoms with Crippen molar-refractivity contribution >= 4 is 0 Å². The van der Waals surface area contributed by atoms with E-state index in [4.69, 9.17) is 14.2 Å². The van der Waals surface area contributed by atoms with Crippen LogP contribution in [-0.4, -0.2) is 24.6 Å². The molecule has 1 aromatic rings. The molecule has 1 heterocycles. The lowest BCUT2D eigenvalue weighted by Gasteiger charge is -2.16. The molecular weight excluding hydrogens is 216 g/mol. The van der Waals surface area contributed by atoms with Crippen LogP contribution in [0.15, 0.2) is 30.3 Å². The van der Waals surface area contributed by atoms with Gasteiger partial charge in [-0.1, -0.05) is 30.3 Å². The molecule has 2 atom stereocenters. The van der Waals surface area contributed by atoms with Gasteiger partial charge in [0.05, 0.1) is 19.3 Å². The van der Waals surface area contributed by atoms with Gasteiger partial charge in [-0.3, -0.25) is 0 Å². The average molecular weight is 236 g/mol. The van der Waals surface area contributed by atoms with E-state index in [-0.39, 0.29) is 12.2 Å². The van der Waals surface area contributed by atoms with Gasteiger partial charge in [-0.2, -0.15) is 0 Å². The minimum atomic E-state index is -0.486. The van der Waals surface area contributed by atoms with E-state index in [0.29, 0.717) is 13.2 Å². The third-order valence-electron chi connectivity index (χ3n) is 2.82. The Morgan fingerprint density at radius 3 is 2.47 bits per heavy atom. The summed E-state index contributed by atoms with van der Waals surface area (Å²) in [6.45, 7) is 7.07. The molecule has 1 saturated heterocycles. The van der Waals surface area contributed by atoms with Gasteiger partial charge in [0.1, 0.15) is 6.10 Å². The molecule has 0 aliphatic carbocycles. The lowest BCUT2D eigenvalue weighted by molar-refractivity contribution is -0.150. The van der Waals surface area contributed by atoms with Crippen LogP contribution >= 0.6 is 0 Å². The van der Waals surface area contributed by atoms with Crippen LogP contribution in [-0.2, 0) is 20.8 Å². The van der Waals surface area contributed by atoms with Crippen LogP contribution in [0.4, 0.5) is 0 Å². The number of ether oxygens (including phenoxy) is 3. The van der Waals surface area contributed by atoms with Gasteiger partial charge in [-0.05, 0) is 26.3 Å². The van der Waals surface area contributed by atoms with Crippen LogP contribution in [0.5, 0.6) is 0 Å². The molecule has 0 N–H and O–H groups in total. The summed E-state index contributed by atoms with van der Waals surface area (Å²) in [5.41, 5.74) is 1.18. The summed E-state index contributed by atoms with van der Waals surface area (Å²) in [7, 11) is 0. The fraction of sp³-hybridized carbons (Fsp3) is 0.571. The van der Waals surface area contributed by atoms with Gasteiger partial charge in [-0.25, -0.2) is 0 Å². The highest BCUT2D eigenvalue weighted by atomic mass is 16.8. The van der Waals surface area contributed by atoms with Gasteiger partial charge in [0, 0.05) is 0 Å². The SMILES string of the molecule is CC1OC(C)(C)OC1COCc1ccccc1. The molecule has 2 rings (SSSR count). The molecule has 17 heavy (non-hydrogen) atoms. The lowest BCUT2D eigenvalue weighted by Crippen LogP contribution is -2.25. The van der Waals surface area contributed by atoms with Crippen molar-refractivity contribution < 1.29 is 14.2 Å². The quantitative estimate of drug-likeness (QED) is 0.804. The third-order valence-corrected chi connectivity index (χ3v) is 2.82. The molecule has 0 bridgehead atoms. The van der Waals surface area contributed by atoms with E-state index in [0.717, 1.165) is 0 Å². The number of hydrogen-bond donors (Lipinski definition) is 0. The zero-order valence-electron chi connectivity index (χ0n) is 10.7. The molecule has 0 radical (unpaired) electrons. The Labute approximate surface area is 103 Å². The van der Waals surface area contributed by atoms with Gasteiger partial charge < -0.3 is 14.2 Å². The molecule has 3 nitrogen and oxygen atoms in total. The van der Waals surface area contributed by atoms with E-state index >= 15 is 0 Å². The minimum Gasteiger partial charge on any atom is -0.374 e. The van der Waals surface area contributed by atoms with E-state index < -0.39 is 5.79 Å². The van der Waals surface area contributed by atoms with E-state index in [1.165, 1.54) is 5.56 Å². The van der Waals surface area contributed by atoms with Gasteiger partial charge in [-0.15, -0.1) is 0 Å². The van der Waals surface area contributed by atoms with Crippen molar-refractivity contribution in [3.8, 4) is 0 Å². The largest absolute Gasteiger partial charge is 0.374 e. The highest BCUT2D eigenvalue weighted by molar-refractivity contribution is 5.13. The maximum atomic E-state index is 5.75. The van der Waals surface area contributed by atoms with Gasteiger partial charge in [0.25, 0.3) is 0 Å². The summed E-state index contributed by atoms with van der Waals surface area (Å²) in [5.74, 6) is -0.486. The predicted molar refractivity (Wildman–Crippen MR) is 65.6 cm³/mol. The van der Waals surface area contributed by atoms with Crippen molar-refractivity contribution in [1.29, 1.82) is 0 Å². The Bertz CT molecular complexity index is 348. The van der Waals surface area contributed by atoms with Gasteiger partial charge >= 0.3 is 0 Å². The molecule has 2 unspecified atom stereocenters. The first-order valence-corrected chi connectivity index (χ1v) is 6.04. The zero-order chi connectivity index (χ0) is 12.3. The van der Waals surface area contributed by atoms with Crippen molar-refractivity contribution in [2.24, 2.45) is 0 Å². The van der Waals surface area contributed by atoms with Crippen LogP contribution in [0.3, 0.4) is 0 Å². The number of rotatable bonds is 4. The first kappa shape index (κ1) is 12.6. The van der Waals surface area contributed by atoms with Crippen molar-refractivity contribution in [3.63, 3.8) is 0 Å². The fourth-order valence-corrected chi connectivity index (χ4v) is 2.05. The maximum absolute atomic E-state index is 5.75. The summed E-state index contributed by atoms with van der Waals surface area (Å²) in [6.07, 6.45) is 0.106. The second-order valence-electron chi connectivity index (χ2n) is 4.88. The second-order valence-corrected chi connectivity index (χ2v) is 4.88. The molecule has 0 aromatic heterocycles. The third kappa shape index (κ3) is 3.53. The van der Waals surface area contributed by atoms with Crippen molar-refractivity contribution in [3.05, 3.63) is 35.9 Å². The second kappa shape index (κ2) is 5.17. The van der Waals surface area contributed by atoms with Crippen LogP contribution in [0.2, 0.25) is 0 Å². The van der Waals surface area contributed by atoms with Crippen LogP contribution in [0.25, 0.3) is 0 Å². The van der Waals surface area contributed by atoms with Crippen LogP contribution in [0.1, 0.15) is 26.3 Å². The maximum Gasteiger partial charge on any atom is 0.163 e. The van der Waals surface area contributed by atoms with E-state index in [1.807, 2.05) is 39.0 Å². The number of benzene rings is 1. The van der Waals surface area contributed by atoms with Gasteiger partial charge in [0.15, 0.2) is 5.79 Å². The molecule has 1 aliphatic heterocycles. The van der Waals surface area contributed by atoms with E-state index in [2.05, 4.69) is 12.1 Å². The van der Waals surface area contributed by atoms with Crippen molar-refractivity contribution in [2.45, 2.75) is 45.4 Å². The molecule has 94 valence electrons. The smallest absolute Gasteiger partial charge is 0.163 e. The monoisotopic (exact) mass is 236 g/mol.